The molecule has 0 spiro atoms. The van der Waals surface area contributed by atoms with Crippen LogP contribution in [-0.2, 0) is 11.3 Å². The fourth-order valence-electron chi connectivity index (χ4n) is 4.56. The number of para-hydroxylation sites is 1. The molecule has 0 fully saturated rings. The van der Waals surface area contributed by atoms with Crippen molar-refractivity contribution in [1.29, 1.82) is 0 Å². The normalized spacial score (nSPS) is 15.1. The van der Waals surface area contributed by atoms with E-state index >= 15 is 0 Å². The molecular formula is C27H33N5O3. The number of carbonyl (C=O) groups excluding carboxylic acids is 2. The molecule has 0 saturated heterocycles. The van der Waals surface area contributed by atoms with Crippen LogP contribution in [0.1, 0.15) is 60.8 Å². The molecule has 0 radical (unpaired) electrons. The summed E-state index contributed by atoms with van der Waals surface area (Å²) in [6, 6.07) is 15.3. The summed E-state index contributed by atoms with van der Waals surface area (Å²) in [5, 5.41) is 8.53. The summed E-state index contributed by atoms with van der Waals surface area (Å²) in [4.78, 5) is 29.9. The minimum atomic E-state index is -0.150. The van der Waals surface area contributed by atoms with Crippen molar-refractivity contribution in [2.45, 2.75) is 52.5 Å². The zero-order chi connectivity index (χ0) is 24.8. The molecule has 0 unspecified atom stereocenters. The second kappa shape index (κ2) is 11.2. The number of amides is 2. The maximum absolute atomic E-state index is 13.7. The zero-order valence-electron chi connectivity index (χ0n) is 20.7. The van der Waals surface area contributed by atoms with Crippen LogP contribution in [0.2, 0.25) is 0 Å². The van der Waals surface area contributed by atoms with Gasteiger partial charge in [0.25, 0.3) is 5.91 Å². The summed E-state index contributed by atoms with van der Waals surface area (Å²) >= 11 is 0. The molecule has 184 valence electrons. The lowest BCUT2D eigenvalue weighted by Gasteiger charge is -2.28. The van der Waals surface area contributed by atoms with E-state index < -0.39 is 0 Å². The van der Waals surface area contributed by atoms with Crippen LogP contribution in [0.25, 0.3) is 5.69 Å². The summed E-state index contributed by atoms with van der Waals surface area (Å²) in [6.45, 7) is 5.19. The Labute approximate surface area is 206 Å². The lowest BCUT2D eigenvalue weighted by molar-refractivity contribution is -0.116. The average molecular weight is 476 g/mol. The standard InChI is InChI=1S/C27H33N5O3/c1-20-26(28-29-32(20)23-13-15-24(35-3)16-14-23)27(34)30-17-9-5-4-6-10-18-31(21(2)33)25-12-8-7-11-22(25)19-30/h7-8,11-16H,4-6,9-10,17-19H2,1-3H3. The number of hydrogen-bond acceptors (Lipinski definition) is 5. The molecule has 0 N–H and O–H groups in total. The van der Waals surface area contributed by atoms with Gasteiger partial charge in [0.1, 0.15) is 5.75 Å². The van der Waals surface area contributed by atoms with E-state index in [1.54, 1.807) is 18.7 Å². The highest BCUT2D eigenvalue weighted by molar-refractivity contribution is 5.94. The highest BCUT2D eigenvalue weighted by Crippen LogP contribution is 2.25. The summed E-state index contributed by atoms with van der Waals surface area (Å²) in [6.07, 6.45) is 5.10. The molecule has 1 aromatic heterocycles. The molecular weight excluding hydrogens is 442 g/mol. The molecule has 8 nitrogen and oxygen atoms in total. The van der Waals surface area contributed by atoms with Gasteiger partial charge >= 0.3 is 0 Å². The van der Waals surface area contributed by atoms with Crippen LogP contribution >= 0.6 is 0 Å². The third-order valence-electron chi connectivity index (χ3n) is 6.53. The highest BCUT2D eigenvalue weighted by Gasteiger charge is 2.25. The van der Waals surface area contributed by atoms with Gasteiger partial charge in [-0.05, 0) is 55.7 Å². The monoisotopic (exact) mass is 475 g/mol. The van der Waals surface area contributed by atoms with Gasteiger partial charge in [0.05, 0.1) is 18.5 Å². The second-order valence-corrected chi connectivity index (χ2v) is 8.93. The summed E-state index contributed by atoms with van der Waals surface area (Å²) in [7, 11) is 1.62. The Morgan fingerprint density at radius 1 is 0.914 bits per heavy atom. The van der Waals surface area contributed by atoms with Gasteiger partial charge in [0.15, 0.2) is 5.69 Å². The highest BCUT2D eigenvalue weighted by atomic mass is 16.5. The zero-order valence-corrected chi connectivity index (χ0v) is 20.7. The van der Waals surface area contributed by atoms with Crippen molar-refractivity contribution >= 4 is 17.5 Å². The molecule has 0 saturated carbocycles. The molecule has 1 aliphatic rings. The number of methoxy groups -OCH3 is 1. The largest absolute Gasteiger partial charge is 0.497 e. The van der Waals surface area contributed by atoms with Crippen LogP contribution < -0.4 is 9.64 Å². The van der Waals surface area contributed by atoms with Gasteiger partial charge < -0.3 is 14.5 Å². The summed E-state index contributed by atoms with van der Waals surface area (Å²) in [5.74, 6) is 0.620. The molecule has 2 heterocycles. The van der Waals surface area contributed by atoms with Gasteiger partial charge in [-0.2, -0.15) is 0 Å². The Hall–Kier alpha value is -3.68. The quantitative estimate of drug-likeness (QED) is 0.555. The fraction of sp³-hybridized carbons (Fsp3) is 0.407. The number of fused-ring (bicyclic) bond motifs is 1. The minimum Gasteiger partial charge on any atom is -0.497 e. The minimum absolute atomic E-state index is 0.0191. The Kier molecular flexibility index (Phi) is 7.80. The summed E-state index contributed by atoms with van der Waals surface area (Å²) < 4.78 is 6.91. The van der Waals surface area contributed by atoms with E-state index in [-0.39, 0.29) is 11.8 Å². The predicted molar refractivity (Wildman–Crippen MR) is 135 cm³/mol. The molecule has 4 rings (SSSR count). The average Bonchev–Trinajstić information content (AvgIpc) is 3.25. The molecule has 0 bridgehead atoms. The van der Waals surface area contributed by atoms with Crippen LogP contribution in [0.5, 0.6) is 5.75 Å². The number of aromatic nitrogens is 3. The Balaban J connectivity index is 1.65. The molecule has 1 aliphatic heterocycles. The predicted octanol–water partition coefficient (Wildman–Crippen LogP) is 4.54. The third-order valence-corrected chi connectivity index (χ3v) is 6.53. The van der Waals surface area contributed by atoms with Crippen molar-refractivity contribution in [1.82, 2.24) is 19.9 Å². The van der Waals surface area contributed by atoms with Gasteiger partial charge in [-0.15, -0.1) is 5.10 Å². The first-order chi connectivity index (χ1) is 17.0. The van der Waals surface area contributed by atoms with E-state index in [0.29, 0.717) is 31.0 Å². The van der Waals surface area contributed by atoms with Crippen LogP contribution in [0.15, 0.2) is 48.5 Å². The topological polar surface area (TPSA) is 80.6 Å². The molecule has 0 aliphatic carbocycles. The van der Waals surface area contributed by atoms with Gasteiger partial charge in [-0.1, -0.05) is 42.7 Å². The Morgan fingerprint density at radius 2 is 1.60 bits per heavy atom. The van der Waals surface area contributed by atoms with Crippen LogP contribution in [0.3, 0.4) is 0 Å². The second-order valence-electron chi connectivity index (χ2n) is 8.93. The number of hydrogen-bond donors (Lipinski definition) is 0. The Bertz CT molecular complexity index is 1170. The number of rotatable bonds is 3. The third kappa shape index (κ3) is 5.53. The van der Waals surface area contributed by atoms with Gasteiger partial charge in [-0.25, -0.2) is 4.68 Å². The van der Waals surface area contributed by atoms with Crippen molar-refractivity contribution in [3.05, 3.63) is 65.5 Å². The van der Waals surface area contributed by atoms with E-state index in [2.05, 4.69) is 10.3 Å². The fourth-order valence-corrected chi connectivity index (χ4v) is 4.56. The first-order valence-electron chi connectivity index (χ1n) is 12.2. The lowest BCUT2D eigenvalue weighted by Crippen LogP contribution is -2.35. The maximum Gasteiger partial charge on any atom is 0.276 e. The lowest BCUT2D eigenvalue weighted by atomic mass is 10.1. The number of ether oxygens (including phenoxy) is 1. The van der Waals surface area contributed by atoms with E-state index in [4.69, 9.17) is 4.74 Å². The number of nitrogens with zero attached hydrogens (tertiary/aromatic N) is 5. The van der Waals surface area contributed by atoms with E-state index in [0.717, 1.165) is 54.8 Å². The molecule has 35 heavy (non-hydrogen) atoms. The molecule has 2 aromatic carbocycles. The van der Waals surface area contributed by atoms with Crippen molar-refractivity contribution in [2.75, 3.05) is 25.1 Å². The molecule has 8 heteroatoms. The van der Waals surface area contributed by atoms with E-state index in [1.165, 1.54) is 0 Å². The van der Waals surface area contributed by atoms with Crippen molar-refractivity contribution in [2.24, 2.45) is 0 Å². The van der Waals surface area contributed by atoms with Gasteiger partial charge in [-0.3, -0.25) is 9.59 Å². The van der Waals surface area contributed by atoms with Gasteiger partial charge in [0.2, 0.25) is 5.91 Å². The number of carbonyl (C=O) groups is 2. The van der Waals surface area contributed by atoms with E-state index in [1.807, 2.05) is 65.3 Å². The molecule has 2 amide bonds. The molecule has 0 atom stereocenters. The van der Waals surface area contributed by atoms with Crippen LogP contribution in [0.4, 0.5) is 5.69 Å². The Morgan fingerprint density at radius 3 is 2.31 bits per heavy atom. The van der Waals surface area contributed by atoms with Crippen molar-refractivity contribution in [3.63, 3.8) is 0 Å². The maximum atomic E-state index is 13.7. The first-order valence-corrected chi connectivity index (χ1v) is 12.2. The first kappa shape index (κ1) is 24.4. The van der Waals surface area contributed by atoms with E-state index in [9.17, 15) is 9.59 Å². The molecule has 3 aromatic rings. The van der Waals surface area contributed by atoms with Crippen LogP contribution in [0, 0.1) is 6.92 Å². The van der Waals surface area contributed by atoms with Crippen LogP contribution in [-0.4, -0.2) is 51.9 Å². The SMILES string of the molecule is COc1ccc(-n2nnc(C(=O)N3CCCCCCCN(C(C)=O)c4ccccc4C3)c2C)cc1. The summed E-state index contributed by atoms with van der Waals surface area (Å²) in [5.41, 5.74) is 3.67. The number of benzene rings is 2. The number of anilines is 1. The van der Waals surface area contributed by atoms with Crippen molar-refractivity contribution < 1.29 is 14.3 Å². The smallest absolute Gasteiger partial charge is 0.276 e. The van der Waals surface area contributed by atoms with Crippen molar-refractivity contribution in [3.8, 4) is 11.4 Å². The van der Waals surface area contributed by atoms with Gasteiger partial charge in [0, 0.05) is 32.2 Å².